The van der Waals surface area contributed by atoms with Gasteiger partial charge < -0.3 is 5.32 Å². The Labute approximate surface area is 132 Å². The standard InChI is InChI=1S/C10H6O2.C6H5Cl2N/c11-9-5-6-10(12)8-4-2-1-3-7(8)9;7-5-3-1-2-4-9-6(5)8/h1-6H;1-4,9H. The molecule has 0 fully saturated rings. The van der Waals surface area contributed by atoms with E-state index in [2.05, 4.69) is 5.32 Å². The van der Waals surface area contributed by atoms with Crippen molar-refractivity contribution in [1.29, 1.82) is 0 Å². The minimum absolute atomic E-state index is 0.0924. The first-order valence-corrected chi connectivity index (χ1v) is 6.86. The fraction of sp³-hybridized carbons (Fsp3) is 0. The number of fused-ring (bicyclic) bond motifs is 1. The molecule has 1 N–H and O–H groups in total. The molecule has 2 aliphatic rings. The van der Waals surface area contributed by atoms with Crippen LogP contribution in [0.25, 0.3) is 0 Å². The van der Waals surface area contributed by atoms with E-state index in [1.165, 1.54) is 12.2 Å². The van der Waals surface area contributed by atoms with Crippen molar-refractivity contribution >= 4 is 34.8 Å². The van der Waals surface area contributed by atoms with E-state index in [0.717, 1.165) is 0 Å². The number of carbonyl (C=O) groups is 2. The van der Waals surface area contributed by atoms with Gasteiger partial charge in [0.25, 0.3) is 0 Å². The van der Waals surface area contributed by atoms with Crippen LogP contribution in [0.2, 0.25) is 0 Å². The summed E-state index contributed by atoms with van der Waals surface area (Å²) in [4.78, 5) is 22.4. The van der Waals surface area contributed by atoms with Crippen LogP contribution in [-0.2, 0) is 0 Å². The maximum absolute atomic E-state index is 11.2. The average molecular weight is 320 g/mol. The van der Waals surface area contributed by atoms with E-state index in [1.54, 1.807) is 36.5 Å². The van der Waals surface area contributed by atoms with Crippen LogP contribution in [0.15, 0.2) is 71.0 Å². The molecule has 0 saturated heterocycles. The lowest BCUT2D eigenvalue weighted by molar-refractivity contribution is 0.0994. The van der Waals surface area contributed by atoms with Gasteiger partial charge in [-0.15, -0.1) is 0 Å². The number of benzene rings is 1. The number of hydrogen-bond donors (Lipinski definition) is 1. The second-order valence-electron chi connectivity index (χ2n) is 4.13. The minimum atomic E-state index is -0.0924. The van der Waals surface area contributed by atoms with Gasteiger partial charge in [-0.25, -0.2) is 0 Å². The van der Waals surface area contributed by atoms with E-state index < -0.39 is 0 Å². The van der Waals surface area contributed by atoms with Crippen LogP contribution in [0.5, 0.6) is 0 Å². The highest BCUT2D eigenvalue weighted by molar-refractivity contribution is 6.40. The van der Waals surface area contributed by atoms with Gasteiger partial charge in [0, 0.05) is 17.3 Å². The summed E-state index contributed by atoms with van der Waals surface area (Å²) < 4.78 is 0. The minimum Gasteiger partial charge on any atom is -0.351 e. The van der Waals surface area contributed by atoms with E-state index in [4.69, 9.17) is 23.2 Å². The molecule has 1 aromatic rings. The zero-order valence-corrected chi connectivity index (χ0v) is 12.4. The van der Waals surface area contributed by atoms with Crippen molar-refractivity contribution in [3.8, 4) is 0 Å². The maximum atomic E-state index is 11.2. The average Bonchev–Trinajstić information content (AvgIpc) is 2.69. The summed E-state index contributed by atoms with van der Waals surface area (Å²) in [5.74, 6) is -0.185. The summed E-state index contributed by atoms with van der Waals surface area (Å²) in [7, 11) is 0. The Balaban J connectivity index is 0.000000161. The molecule has 0 unspecified atom stereocenters. The lowest BCUT2D eigenvalue weighted by Crippen LogP contribution is -2.10. The van der Waals surface area contributed by atoms with Gasteiger partial charge in [0.1, 0.15) is 5.16 Å². The third-order valence-corrected chi connectivity index (χ3v) is 3.44. The molecule has 0 atom stereocenters. The largest absolute Gasteiger partial charge is 0.351 e. The Morgan fingerprint density at radius 2 is 1.38 bits per heavy atom. The first-order chi connectivity index (χ1) is 10.1. The summed E-state index contributed by atoms with van der Waals surface area (Å²) in [5.41, 5.74) is 1.01. The van der Waals surface area contributed by atoms with Gasteiger partial charge in [0.2, 0.25) is 0 Å². The fourth-order valence-corrected chi connectivity index (χ4v) is 1.96. The third-order valence-electron chi connectivity index (χ3n) is 2.71. The van der Waals surface area contributed by atoms with Crippen LogP contribution in [0.3, 0.4) is 0 Å². The first kappa shape index (κ1) is 15.3. The second-order valence-corrected chi connectivity index (χ2v) is 4.92. The molecule has 1 heterocycles. The van der Waals surface area contributed by atoms with Gasteiger partial charge in [-0.2, -0.15) is 0 Å². The van der Waals surface area contributed by atoms with Crippen molar-refractivity contribution in [2.24, 2.45) is 0 Å². The summed E-state index contributed by atoms with van der Waals surface area (Å²) >= 11 is 11.2. The number of hydrogen-bond acceptors (Lipinski definition) is 3. The molecular formula is C16H11Cl2NO2. The fourth-order valence-electron chi connectivity index (χ4n) is 1.70. The summed E-state index contributed by atoms with van der Waals surface area (Å²) in [6.07, 6.45) is 9.69. The van der Waals surface area contributed by atoms with Gasteiger partial charge in [-0.1, -0.05) is 53.5 Å². The molecule has 3 rings (SSSR count). The Bertz CT molecular complexity index is 663. The number of nitrogens with one attached hydrogen (secondary N) is 1. The van der Waals surface area contributed by atoms with E-state index in [-0.39, 0.29) is 11.6 Å². The lowest BCUT2D eigenvalue weighted by Gasteiger charge is -2.06. The highest BCUT2D eigenvalue weighted by Gasteiger charge is 2.16. The Morgan fingerprint density at radius 1 is 0.810 bits per heavy atom. The van der Waals surface area contributed by atoms with Crippen LogP contribution in [0, 0.1) is 0 Å². The Hall–Kier alpha value is -2.10. The number of allylic oxidation sites excluding steroid dienone is 6. The topological polar surface area (TPSA) is 46.2 Å². The maximum Gasteiger partial charge on any atom is 0.186 e. The molecule has 1 aromatic carbocycles. The molecule has 1 aliphatic carbocycles. The van der Waals surface area contributed by atoms with Crippen LogP contribution >= 0.6 is 23.2 Å². The van der Waals surface area contributed by atoms with E-state index in [1.807, 2.05) is 12.2 Å². The third kappa shape index (κ3) is 3.94. The molecule has 21 heavy (non-hydrogen) atoms. The zero-order valence-electron chi connectivity index (χ0n) is 10.8. The summed E-state index contributed by atoms with van der Waals surface area (Å²) in [6, 6.07) is 6.84. The van der Waals surface area contributed by atoms with Crippen molar-refractivity contribution in [3.05, 3.63) is 82.2 Å². The molecule has 0 amide bonds. The molecule has 1 aliphatic heterocycles. The van der Waals surface area contributed by atoms with Crippen molar-refractivity contribution in [1.82, 2.24) is 5.32 Å². The molecular weight excluding hydrogens is 309 g/mol. The number of carbonyl (C=O) groups excluding carboxylic acids is 2. The zero-order chi connectivity index (χ0) is 15.2. The molecule has 106 valence electrons. The monoisotopic (exact) mass is 319 g/mol. The number of halogens is 2. The summed E-state index contributed by atoms with van der Waals surface area (Å²) in [6.45, 7) is 0. The van der Waals surface area contributed by atoms with Crippen LogP contribution < -0.4 is 5.32 Å². The quantitative estimate of drug-likeness (QED) is 0.737. The van der Waals surface area contributed by atoms with Gasteiger partial charge in [-0.3, -0.25) is 9.59 Å². The van der Waals surface area contributed by atoms with Gasteiger partial charge in [0.15, 0.2) is 11.6 Å². The van der Waals surface area contributed by atoms with Crippen molar-refractivity contribution in [2.75, 3.05) is 0 Å². The predicted molar refractivity (Wildman–Crippen MR) is 84.4 cm³/mol. The highest BCUT2D eigenvalue weighted by atomic mass is 35.5. The number of rotatable bonds is 0. The van der Waals surface area contributed by atoms with Crippen molar-refractivity contribution in [3.63, 3.8) is 0 Å². The van der Waals surface area contributed by atoms with Crippen molar-refractivity contribution in [2.45, 2.75) is 0 Å². The van der Waals surface area contributed by atoms with Crippen LogP contribution in [0.1, 0.15) is 20.7 Å². The SMILES string of the molecule is ClC1=C(Cl)NC=CC=C1.O=C1C=CC(=O)c2ccccc21. The lowest BCUT2D eigenvalue weighted by atomic mass is 9.95. The first-order valence-electron chi connectivity index (χ1n) is 6.10. The van der Waals surface area contributed by atoms with Gasteiger partial charge in [-0.05, 0) is 24.3 Å². The summed E-state index contributed by atoms with van der Waals surface area (Å²) in [5, 5.41) is 3.75. The predicted octanol–water partition coefficient (Wildman–Crippen LogP) is 3.93. The second kappa shape index (κ2) is 7.07. The van der Waals surface area contributed by atoms with Crippen LogP contribution in [0.4, 0.5) is 0 Å². The van der Waals surface area contributed by atoms with Crippen LogP contribution in [-0.4, -0.2) is 11.6 Å². The smallest absolute Gasteiger partial charge is 0.186 e. The Kier molecular flexibility index (Phi) is 5.14. The van der Waals surface area contributed by atoms with E-state index >= 15 is 0 Å². The number of ketones is 2. The highest BCUT2D eigenvalue weighted by Crippen LogP contribution is 2.15. The molecule has 0 radical (unpaired) electrons. The normalized spacial score (nSPS) is 15.9. The molecule has 0 aromatic heterocycles. The molecule has 0 bridgehead atoms. The van der Waals surface area contributed by atoms with Crippen molar-refractivity contribution < 1.29 is 9.59 Å². The Morgan fingerprint density at radius 3 is 1.95 bits per heavy atom. The van der Waals surface area contributed by atoms with Gasteiger partial charge >= 0.3 is 0 Å². The molecule has 0 spiro atoms. The molecule has 3 nitrogen and oxygen atoms in total. The van der Waals surface area contributed by atoms with E-state index in [0.29, 0.717) is 21.3 Å². The van der Waals surface area contributed by atoms with E-state index in [9.17, 15) is 9.59 Å². The molecule has 5 heteroatoms. The van der Waals surface area contributed by atoms with Gasteiger partial charge in [0.05, 0.1) is 5.03 Å². The molecule has 0 saturated carbocycles.